The molecule has 1 aromatic rings. The molecule has 0 saturated carbocycles. The van der Waals surface area contributed by atoms with Crippen molar-refractivity contribution in [1.82, 2.24) is 10.2 Å². The third-order valence-corrected chi connectivity index (χ3v) is 4.31. The molecule has 1 N–H and O–H groups in total. The van der Waals surface area contributed by atoms with Crippen LogP contribution in [0.4, 0.5) is 0 Å². The molecule has 7 heteroatoms. The fourth-order valence-electron chi connectivity index (χ4n) is 2.07. The maximum absolute atomic E-state index is 12.3. The molecule has 6 nitrogen and oxygen atoms in total. The number of nitrogens with zero attached hydrogens (tertiary/aromatic N) is 2. The van der Waals surface area contributed by atoms with E-state index in [0.717, 1.165) is 6.26 Å². The lowest BCUT2D eigenvalue weighted by atomic mass is 10.1. The Morgan fingerprint density at radius 3 is 2.60 bits per heavy atom. The topological polar surface area (TPSA) is 90.3 Å². The van der Waals surface area contributed by atoms with Gasteiger partial charge in [0.05, 0.1) is 11.0 Å². The largest absolute Gasteiger partial charge is 0.320 e. The molecule has 0 spiro atoms. The number of hydrogen-bond donors (Lipinski definition) is 1. The van der Waals surface area contributed by atoms with Gasteiger partial charge in [-0.25, -0.2) is 8.42 Å². The second-order valence-electron chi connectivity index (χ2n) is 4.64. The number of carbonyl (C=O) groups is 1. The van der Waals surface area contributed by atoms with E-state index in [0.29, 0.717) is 25.2 Å². The van der Waals surface area contributed by atoms with Gasteiger partial charge in [-0.2, -0.15) is 5.26 Å². The first-order valence-electron chi connectivity index (χ1n) is 6.15. The molecule has 1 amide bonds. The van der Waals surface area contributed by atoms with Crippen LogP contribution in [0.15, 0.2) is 29.2 Å². The van der Waals surface area contributed by atoms with Crippen molar-refractivity contribution in [2.75, 3.05) is 25.9 Å². The summed E-state index contributed by atoms with van der Waals surface area (Å²) >= 11 is 0. The minimum atomic E-state index is -3.27. The molecule has 106 valence electrons. The minimum absolute atomic E-state index is 0.172. The fraction of sp³-hybridized carbons (Fsp3) is 0.385. The Hall–Kier alpha value is -1.91. The molecule has 0 radical (unpaired) electrons. The van der Waals surface area contributed by atoms with E-state index in [9.17, 15) is 13.2 Å². The lowest BCUT2D eigenvalue weighted by molar-refractivity contribution is 0.0687. The zero-order chi connectivity index (χ0) is 14.8. The van der Waals surface area contributed by atoms with Crippen LogP contribution in [-0.4, -0.2) is 51.2 Å². The first-order valence-corrected chi connectivity index (χ1v) is 8.04. The van der Waals surface area contributed by atoms with Crippen molar-refractivity contribution in [3.63, 3.8) is 0 Å². The van der Waals surface area contributed by atoms with Gasteiger partial charge in [-0.3, -0.25) is 4.79 Å². The minimum Gasteiger partial charge on any atom is -0.320 e. The van der Waals surface area contributed by atoms with Crippen LogP contribution in [0, 0.1) is 11.3 Å². The molecule has 1 aromatic carbocycles. The summed E-state index contributed by atoms with van der Waals surface area (Å²) in [5.41, 5.74) is 0.388. The number of hydrogen-bond acceptors (Lipinski definition) is 5. The predicted octanol–water partition coefficient (Wildman–Crippen LogP) is 0.0277. The van der Waals surface area contributed by atoms with Gasteiger partial charge >= 0.3 is 0 Å². The van der Waals surface area contributed by atoms with Crippen molar-refractivity contribution in [1.29, 1.82) is 5.26 Å². The molecule has 1 unspecified atom stereocenters. The highest BCUT2D eigenvalue weighted by Gasteiger charge is 2.27. The summed E-state index contributed by atoms with van der Waals surface area (Å²) in [7, 11) is -3.27. The van der Waals surface area contributed by atoms with Gasteiger partial charge in [-0.15, -0.1) is 0 Å². The van der Waals surface area contributed by atoms with E-state index < -0.39 is 15.9 Å². The summed E-state index contributed by atoms with van der Waals surface area (Å²) in [6, 6.07) is 7.37. The monoisotopic (exact) mass is 293 g/mol. The number of amides is 1. The summed E-state index contributed by atoms with van der Waals surface area (Å²) in [4.78, 5) is 14.0. The maximum Gasteiger partial charge on any atom is 0.255 e. The van der Waals surface area contributed by atoms with Crippen molar-refractivity contribution in [2.45, 2.75) is 10.9 Å². The molecule has 1 saturated heterocycles. The normalized spacial score (nSPS) is 19.4. The quantitative estimate of drug-likeness (QED) is 0.830. The van der Waals surface area contributed by atoms with Gasteiger partial charge in [0.1, 0.15) is 6.04 Å². The number of piperazine rings is 1. The Labute approximate surface area is 117 Å². The van der Waals surface area contributed by atoms with Crippen molar-refractivity contribution < 1.29 is 13.2 Å². The Balaban J connectivity index is 2.23. The van der Waals surface area contributed by atoms with Crippen LogP contribution in [0.3, 0.4) is 0 Å². The van der Waals surface area contributed by atoms with Gasteiger partial charge < -0.3 is 10.2 Å². The molecule has 0 aromatic heterocycles. The number of nitrogens with one attached hydrogen (secondary N) is 1. The van der Waals surface area contributed by atoms with Crippen LogP contribution in [0.5, 0.6) is 0 Å². The number of carbonyl (C=O) groups excluding carboxylic acids is 1. The van der Waals surface area contributed by atoms with E-state index in [1.165, 1.54) is 29.2 Å². The molecular formula is C13H15N3O3S. The highest BCUT2D eigenvalue weighted by atomic mass is 32.2. The van der Waals surface area contributed by atoms with Gasteiger partial charge in [0.15, 0.2) is 9.84 Å². The van der Waals surface area contributed by atoms with Crippen LogP contribution >= 0.6 is 0 Å². The zero-order valence-corrected chi connectivity index (χ0v) is 11.9. The molecule has 20 heavy (non-hydrogen) atoms. The number of sulfone groups is 1. The van der Waals surface area contributed by atoms with E-state index in [4.69, 9.17) is 5.26 Å². The lowest BCUT2D eigenvalue weighted by Crippen LogP contribution is -2.53. The average molecular weight is 293 g/mol. The summed E-state index contributed by atoms with van der Waals surface area (Å²) in [5, 5.41) is 12.1. The molecular weight excluding hydrogens is 278 g/mol. The van der Waals surface area contributed by atoms with Crippen LogP contribution in [0.2, 0.25) is 0 Å². The number of benzene rings is 1. The number of rotatable bonds is 2. The van der Waals surface area contributed by atoms with Crippen molar-refractivity contribution in [3.8, 4) is 6.07 Å². The molecule has 1 aliphatic rings. The lowest BCUT2D eigenvalue weighted by Gasteiger charge is -2.32. The van der Waals surface area contributed by atoms with Gasteiger partial charge in [-0.1, -0.05) is 0 Å². The highest BCUT2D eigenvalue weighted by molar-refractivity contribution is 7.90. The SMILES string of the molecule is CS(=O)(=O)c1ccc(C(=O)N2CCNCC2C#N)cc1. The smallest absolute Gasteiger partial charge is 0.255 e. The van der Waals surface area contributed by atoms with Crippen LogP contribution in [0.25, 0.3) is 0 Å². The average Bonchev–Trinajstić information content (AvgIpc) is 2.45. The molecule has 1 aliphatic heterocycles. The van der Waals surface area contributed by atoms with Crippen molar-refractivity contribution in [2.24, 2.45) is 0 Å². The maximum atomic E-state index is 12.3. The standard InChI is InChI=1S/C13H15N3O3S/c1-20(18,19)12-4-2-10(3-5-12)13(17)16-7-6-15-9-11(16)8-14/h2-5,11,15H,6-7,9H2,1H3. The first kappa shape index (κ1) is 14.5. The van der Waals surface area contributed by atoms with Gasteiger partial charge in [0.25, 0.3) is 5.91 Å². The third kappa shape index (κ3) is 2.98. The third-order valence-electron chi connectivity index (χ3n) is 3.18. The van der Waals surface area contributed by atoms with E-state index in [2.05, 4.69) is 11.4 Å². The second kappa shape index (κ2) is 5.61. The van der Waals surface area contributed by atoms with Crippen LogP contribution in [0.1, 0.15) is 10.4 Å². The summed E-state index contributed by atoms with van der Waals surface area (Å²) in [6.07, 6.45) is 1.12. The van der Waals surface area contributed by atoms with E-state index in [-0.39, 0.29) is 10.8 Å². The molecule has 0 aliphatic carbocycles. The van der Waals surface area contributed by atoms with Gasteiger partial charge in [-0.05, 0) is 24.3 Å². The Kier molecular flexibility index (Phi) is 4.06. The van der Waals surface area contributed by atoms with E-state index in [1.54, 1.807) is 0 Å². The molecule has 1 atom stereocenters. The van der Waals surface area contributed by atoms with Crippen LogP contribution < -0.4 is 5.32 Å². The number of nitriles is 1. The predicted molar refractivity (Wildman–Crippen MR) is 72.9 cm³/mol. The van der Waals surface area contributed by atoms with E-state index >= 15 is 0 Å². The van der Waals surface area contributed by atoms with Crippen molar-refractivity contribution >= 4 is 15.7 Å². The van der Waals surface area contributed by atoms with E-state index in [1.807, 2.05) is 0 Å². The Bertz CT molecular complexity index is 646. The fourth-order valence-corrected chi connectivity index (χ4v) is 2.70. The summed E-state index contributed by atoms with van der Waals surface area (Å²) in [6.45, 7) is 1.56. The zero-order valence-electron chi connectivity index (χ0n) is 11.0. The van der Waals surface area contributed by atoms with Gasteiger partial charge in [0, 0.05) is 31.5 Å². The molecule has 1 fully saturated rings. The Morgan fingerprint density at radius 2 is 2.05 bits per heavy atom. The highest BCUT2D eigenvalue weighted by Crippen LogP contribution is 2.14. The second-order valence-corrected chi connectivity index (χ2v) is 6.66. The van der Waals surface area contributed by atoms with Crippen LogP contribution in [-0.2, 0) is 9.84 Å². The first-order chi connectivity index (χ1) is 9.43. The van der Waals surface area contributed by atoms with Crippen molar-refractivity contribution in [3.05, 3.63) is 29.8 Å². The molecule has 0 bridgehead atoms. The van der Waals surface area contributed by atoms with Gasteiger partial charge in [0.2, 0.25) is 0 Å². The summed E-state index contributed by atoms with van der Waals surface area (Å²) in [5.74, 6) is -0.252. The Morgan fingerprint density at radius 1 is 1.40 bits per heavy atom. The molecule has 2 rings (SSSR count). The summed E-state index contributed by atoms with van der Waals surface area (Å²) < 4.78 is 22.7. The molecule has 1 heterocycles.